The van der Waals surface area contributed by atoms with Gasteiger partial charge in [-0.3, -0.25) is 0 Å². The maximum Gasteiger partial charge on any atom is 0.231 e. The molecule has 0 spiro atoms. The lowest BCUT2D eigenvalue weighted by Crippen LogP contribution is -2.17. The molecule has 31 heavy (non-hydrogen) atoms. The van der Waals surface area contributed by atoms with E-state index in [4.69, 9.17) is 18.9 Å². The third-order valence-corrected chi connectivity index (χ3v) is 7.68. The molecule has 2 saturated carbocycles. The zero-order valence-electron chi connectivity index (χ0n) is 17.3. The van der Waals surface area contributed by atoms with Crippen LogP contribution in [0, 0.1) is 0 Å². The largest absolute Gasteiger partial charge is 0.496 e. The molecule has 2 fully saturated rings. The molecule has 0 bridgehead atoms. The molecule has 160 valence electrons. The van der Waals surface area contributed by atoms with Gasteiger partial charge in [0.15, 0.2) is 16.6 Å². The molecule has 6 rings (SSSR count). The molecule has 0 radical (unpaired) electrons. The van der Waals surface area contributed by atoms with E-state index in [0.29, 0.717) is 6.73 Å². The standard InChI is InChI=1S/C24H24N2O4S/c1-27-18-5-3-2-4-17(18)23(8-9-23)21-13-25-22(31-21)26-14-30-24(10-11-24)16-6-7-19-20(12-16)29-15-28-19/h2-7,12-13H,8-11,14-15H2,1H3,(H,25,26). The topological polar surface area (TPSA) is 61.8 Å². The van der Waals surface area contributed by atoms with E-state index in [2.05, 4.69) is 28.5 Å². The number of hydrogen-bond donors (Lipinski definition) is 1. The highest BCUT2D eigenvalue weighted by Gasteiger charge is 2.49. The summed E-state index contributed by atoms with van der Waals surface area (Å²) in [7, 11) is 1.74. The van der Waals surface area contributed by atoms with Crippen LogP contribution in [0.5, 0.6) is 17.2 Å². The van der Waals surface area contributed by atoms with Gasteiger partial charge in [0.05, 0.1) is 12.7 Å². The van der Waals surface area contributed by atoms with Crippen LogP contribution >= 0.6 is 11.3 Å². The molecule has 0 saturated heterocycles. The lowest BCUT2D eigenvalue weighted by molar-refractivity contribution is 0.0430. The van der Waals surface area contributed by atoms with Gasteiger partial charge in [-0.1, -0.05) is 24.3 Å². The van der Waals surface area contributed by atoms with Crippen LogP contribution in [0.2, 0.25) is 0 Å². The lowest BCUT2D eigenvalue weighted by atomic mass is 9.94. The highest BCUT2D eigenvalue weighted by atomic mass is 32.1. The summed E-state index contributed by atoms with van der Waals surface area (Å²) < 4.78 is 22.8. The number of rotatable bonds is 8. The molecule has 7 heteroatoms. The fraction of sp³-hybridized carbons (Fsp3) is 0.375. The average Bonchev–Trinajstić information content (AvgIpc) is 3.68. The van der Waals surface area contributed by atoms with Crippen LogP contribution in [0.1, 0.15) is 41.7 Å². The van der Waals surface area contributed by atoms with Gasteiger partial charge in [0, 0.05) is 22.1 Å². The molecular formula is C24H24N2O4S. The number of nitrogens with one attached hydrogen (secondary N) is 1. The number of methoxy groups -OCH3 is 1. The van der Waals surface area contributed by atoms with Crippen LogP contribution in [0.15, 0.2) is 48.7 Å². The van der Waals surface area contributed by atoms with Gasteiger partial charge < -0.3 is 24.3 Å². The van der Waals surface area contributed by atoms with Crippen molar-refractivity contribution in [2.45, 2.75) is 36.7 Å². The molecule has 0 amide bonds. The first-order valence-corrected chi connectivity index (χ1v) is 11.4. The van der Waals surface area contributed by atoms with Crippen LogP contribution in [0.3, 0.4) is 0 Å². The smallest absolute Gasteiger partial charge is 0.231 e. The third-order valence-electron chi connectivity index (χ3n) is 6.52. The number of ether oxygens (including phenoxy) is 4. The highest BCUT2D eigenvalue weighted by molar-refractivity contribution is 7.15. The van der Waals surface area contributed by atoms with Crippen molar-refractivity contribution in [2.24, 2.45) is 0 Å². The van der Waals surface area contributed by atoms with Crippen LogP contribution in [0.25, 0.3) is 0 Å². The molecule has 1 aliphatic heterocycles. The number of nitrogens with zero attached hydrogens (tertiary/aromatic N) is 1. The van der Waals surface area contributed by atoms with Crippen molar-refractivity contribution in [3.8, 4) is 17.2 Å². The first kappa shape index (κ1) is 19.0. The number of anilines is 1. The third kappa shape index (κ3) is 3.23. The number of para-hydroxylation sites is 1. The minimum atomic E-state index is -0.233. The fourth-order valence-electron chi connectivity index (χ4n) is 4.44. The molecule has 2 aliphatic carbocycles. The molecule has 1 N–H and O–H groups in total. The summed E-state index contributed by atoms with van der Waals surface area (Å²) in [5.41, 5.74) is 2.20. The number of thiazole rings is 1. The van der Waals surface area contributed by atoms with Crippen molar-refractivity contribution >= 4 is 16.5 Å². The Bertz CT molecular complexity index is 1120. The van der Waals surface area contributed by atoms with Gasteiger partial charge in [-0.25, -0.2) is 4.98 Å². The Labute approximate surface area is 185 Å². The molecule has 3 aromatic rings. The maximum atomic E-state index is 6.26. The van der Waals surface area contributed by atoms with Crippen molar-refractivity contribution in [1.29, 1.82) is 0 Å². The van der Waals surface area contributed by atoms with Gasteiger partial charge in [-0.05, 0) is 49.4 Å². The summed E-state index contributed by atoms with van der Waals surface area (Å²) in [6.07, 6.45) is 6.26. The summed E-state index contributed by atoms with van der Waals surface area (Å²) in [6.45, 7) is 0.708. The van der Waals surface area contributed by atoms with E-state index in [9.17, 15) is 0 Å². The SMILES string of the molecule is COc1ccccc1C1(c2cnc(NCOC3(c4ccc5c(c4)OCO5)CC3)s2)CC1. The maximum absolute atomic E-state index is 6.26. The van der Waals surface area contributed by atoms with E-state index in [-0.39, 0.29) is 17.8 Å². The number of hydrogen-bond acceptors (Lipinski definition) is 7. The summed E-state index contributed by atoms with van der Waals surface area (Å²) >= 11 is 1.71. The van der Waals surface area contributed by atoms with E-state index < -0.39 is 0 Å². The van der Waals surface area contributed by atoms with Gasteiger partial charge in [-0.15, -0.1) is 11.3 Å². The van der Waals surface area contributed by atoms with E-state index in [0.717, 1.165) is 53.6 Å². The Morgan fingerprint density at radius 2 is 1.90 bits per heavy atom. The first-order valence-electron chi connectivity index (χ1n) is 10.6. The van der Waals surface area contributed by atoms with Crippen molar-refractivity contribution in [1.82, 2.24) is 4.98 Å². The molecular weight excluding hydrogens is 412 g/mol. The van der Waals surface area contributed by atoms with Gasteiger partial charge in [0.25, 0.3) is 0 Å². The first-order chi connectivity index (χ1) is 15.2. The van der Waals surface area contributed by atoms with Gasteiger partial charge in [-0.2, -0.15) is 0 Å². The zero-order chi connectivity index (χ0) is 20.9. The normalized spacial score (nSPS) is 19.1. The summed E-state index contributed by atoms with van der Waals surface area (Å²) in [5.74, 6) is 2.55. The average molecular weight is 437 g/mol. The molecule has 3 aliphatic rings. The molecule has 0 atom stereocenters. The Kier molecular flexibility index (Phi) is 4.36. The second-order valence-corrected chi connectivity index (χ2v) is 9.37. The summed E-state index contributed by atoms with van der Waals surface area (Å²) in [6, 6.07) is 14.4. The quantitative estimate of drug-likeness (QED) is 0.500. The fourth-order valence-corrected chi connectivity index (χ4v) is 5.50. The second kappa shape index (κ2) is 7.14. The molecule has 2 heterocycles. The Morgan fingerprint density at radius 3 is 2.71 bits per heavy atom. The van der Waals surface area contributed by atoms with Crippen LogP contribution in [-0.4, -0.2) is 25.6 Å². The number of aromatic nitrogens is 1. The van der Waals surface area contributed by atoms with E-state index in [1.54, 1.807) is 18.4 Å². The molecule has 0 unspecified atom stereocenters. The van der Waals surface area contributed by atoms with Crippen molar-refractivity contribution in [3.63, 3.8) is 0 Å². The minimum absolute atomic E-state index is 0.0370. The van der Waals surface area contributed by atoms with Gasteiger partial charge in [0.1, 0.15) is 12.5 Å². The van der Waals surface area contributed by atoms with Crippen LogP contribution < -0.4 is 19.5 Å². The summed E-state index contributed by atoms with van der Waals surface area (Å²) in [4.78, 5) is 5.89. The Balaban J connectivity index is 1.13. The lowest BCUT2D eigenvalue weighted by Gasteiger charge is -2.18. The van der Waals surface area contributed by atoms with Crippen molar-refractivity contribution in [3.05, 3.63) is 64.7 Å². The Morgan fingerprint density at radius 1 is 1.06 bits per heavy atom. The van der Waals surface area contributed by atoms with Gasteiger partial charge >= 0.3 is 0 Å². The van der Waals surface area contributed by atoms with Crippen LogP contribution in [-0.2, 0) is 15.8 Å². The minimum Gasteiger partial charge on any atom is -0.496 e. The number of fused-ring (bicyclic) bond motifs is 1. The predicted octanol–water partition coefficient (Wildman–Crippen LogP) is 5.04. The molecule has 6 nitrogen and oxygen atoms in total. The molecule has 2 aromatic carbocycles. The van der Waals surface area contributed by atoms with Crippen LogP contribution in [0.4, 0.5) is 5.13 Å². The van der Waals surface area contributed by atoms with Crippen molar-refractivity contribution < 1.29 is 18.9 Å². The monoisotopic (exact) mass is 436 g/mol. The highest BCUT2D eigenvalue weighted by Crippen LogP contribution is 2.57. The number of benzene rings is 2. The molecule has 1 aromatic heterocycles. The zero-order valence-corrected chi connectivity index (χ0v) is 18.2. The predicted molar refractivity (Wildman–Crippen MR) is 118 cm³/mol. The second-order valence-electron chi connectivity index (χ2n) is 8.34. The summed E-state index contributed by atoms with van der Waals surface area (Å²) in [5, 5.41) is 4.25. The van der Waals surface area contributed by atoms with E-state index >= 15 is 0 Å². The van der Waals surface area contributed by atoms with E-state index in [1.807, 2.05) is 30.5 Å². The van der Waals surface area contributed by atoms with E-state index in [1.165, 1.54) is 10.4 Å². The van der Waals surface area contributed by atoms with Crippen molar-refractivity contribution in [2.75, 3.05) is 26.0 Å². The van der Waals surface area contributed by atoms with Gasteiger partial charge in [0.2, 0.25) is 6.79 Å². The Hall–Kier alpha value is -2.77.